The van der Waals surface area contributed by atoms with Crippen molar-refractivity contribution in [3.05, 3.63) is 65.4 Å². The lowest BCUT2D eigenvalue weighted by atomic mass is 10.1. The van der Waals surface area contributed by atoms with Gasteiger partial charge in [-0.2, -0.15) is 4.98 Å². The summed E-state index contributed by atoms with van der Waals surface area (Å²) in [6.07, 6.45) is 4.08. The van der Waals surface area contributed by atoms with E-state index in [0.29, 0.717) is 16.4 Å². The number of rotatable bonds is 6. The number of hydrogen-bond acceptors (Lipinski definition) is 6. The van der Waals surface area contributed by atoms with Gasteiger partial charge in [0.05, 0.1) is 4.90 Å². The third-order valence-corrected chi connectivity index (χ3v) is 7.00. The number of benzene rings is 2. The van der Waals surface area contributed by atoms with Crippen molar-refractivity contribution in [2.45, 2.75) is 38.5 Å². The molecule has 0 saturated carbocycles. The van der Waals surface area contributed by atoms with E-state index in [0.717, 1.165) is 41.4 Å². The van der Waals surface area contributed by atoms with Crippen LogP contribution >= 0.6 is 0 Å². The summed E-state index contributed by atoms with van der Waals surface area (Å²) in [5.41, 5.74) is 3.84. The van der Waals surface area contributed by atoms with Gasteiger partial charge in [0, 0.05) is 30.7 Å². The van der Waals surface area contributed by atoms with Crippen molar-refractivity contribution in [3.8, 4) is 0 Å². The van der Waals surface area contributed by atoms with Crippen LogP contribution in [0.1, 0.15) is 29.5 Å². The fraction of sp³-hybridized carbons (Fsp3) is 0.304. The van der Waals surface area contributed by atoms with E-state index in [4.69, 9.17) is 0 Å². The van der Waals surface area contributed by atoms with E-state index in [-0.39, 0.29) is 0 Å². The monoisotopic (exact) mass is 437 g/mol. The van der Waals surface area contributed by atoms with Gasteiger partial charge in [0.2, 0.25) is 5.95 Å². The summed E-state index contributed by atoms with van der Waals surface area (Å²) in [5.74, 6) is 1.44. The molecule has 1 saturated heterocycles. The molecule has 0 spiro atoms. The Labute approximate surface area is 183 Å². The van der Waals surface area contributed by atoms with Gasteiger partial charge in [-0.3, -0.25) is 4.72 Å². The summed E-state index contributed by atoms with van der Waals surface area (Å²) in [5, 5.41) is 3.26. The Morgan fingerprint density at radius 2 is 1.52 bits per heavy atom. The first-order valence-corrected chi connectivity index (χ1v) is 11.9. The average molecular weight is 438 g/mol. The molecule has 0 amide bonds. The molecule has 8 heteroatoms. The lowest BCUT2D eigenvalue weighted by Crippen LogP contribution is -2.20. The summed E-state index contributed by atoms with van der Waals surface area (Å²) in [6, 6.07) is 12.7. The maximum absolute atomic E-state index is 12.9. The van der Waals surface area contributed by atoms with Crippen LogP contribution in [0.4, 0.5) is 23.1 Å². The second kappa shape index (κ2) is 8.55. The lowest BCUT2D eigenvalue weighted by molar-refractivity contribution is 0.600. The van der Waals surface area contributed by atoms with Crippen LogP contribution in [0.2, 0.25) is 0 Å². The van der Waals surface area contributed by atoms with E-state index >= 15 is 0 Å². The summed E-state index contributed by atoms with van der Waals surface area (Å²) in [4.78, 5) is 11.5. The quantitative estimate of drug-likeness (QED) is 0.588. The molecule has 0 bridgehead atoms. The van der Waals surface area contributed by atoms with Crippen molar-refractivity contribution in [3.63, 3.8) is 0 Å². The second-order valence-electron chi connectivity index (χ2n) is 7.97. The van der Waals surface area contributed by atoms with E-state index in [2.05, 4.69) is 24.9 Å². The Morgan fingerprint density at radius 3 is 2.16 bits per heavy atom. The largest absolute Gasteiger partial charge is 0.341 e. The molecule has 0 atom stereocenters. The van der Waals surface area contributed by atoms with E-state index < -0.39 is 10.0 Å². The maximum Gasteiger partial charge on any atom is 0.262 e. The maximum atomic E-state index is 12.9. The van der Waals surface area contributed by atoms with Gasteiger partial charge in [-0.15, -0.1) is 0 Å². The molecule has 7 nitrogen and oxygen atoms in total. The molecule has 1 aliphatic rings. The number of sulfonamides is 1. The van der Waals surface area contributed by atoms with Gasteiger partial charge < -0.3 is 10.2 Å². The molecule has 1 fully saturated rings. The van der Waals surface area contributed by atoms with E-state index in [1.54, 1.807) is 18.3 Å². The predicted octanol–water partition coefficient (Wildman–Crippen LogP) is 4.55. The van der Waals surface area contributed by atoms with Gasteiger partial charge >= 0.3 is 0 Å². The van der Waals surface area contributed by atoms with Crippen molar-refractivity contribution in [2.24, 2.45) is 0 Å². The van der Waals surface area contributed by atoms with Gasteiger partial charge in [-0.05, 0) is 75.1 Å². The molecule has 1 aromatic heterocycles. The lowest BCUT2D eigenvalue weighted by Gasteiger charge is -2.16. The first-order valence-electron chi connectivity index (χ1n) is 10.4. The summed E-state index contributed by atoms with van der Waals surface area (Å²) >= 11 is 0. The summed E-state index contributed by atoms with van der Waals surface area (Å²) < 4.78 is 28.6. The summed E-state index contributed by atoms with van der Waals surface area (Å²) in [6.45, 7) is 7.57. The highest BCUT2D eigenvalue weighted by atomic mass is 32.2. The Balaban J connectivity index is 1.48. The van der Waals surface area contributed by atoms with Gasteiger partial charge in [0.15, 0.2) is 0 Å². The number of nitrogens with zero attached hydrogens (tertiary/aromatic N) is 3. The number of aromatic nitrogens is 2. The smallest absolute Gasteiger partial charge is 0.262 e. The topological polar surface area (TPSA) is 87.2 Å². The van der Waals surface area contributed by atoms with Crippen LogP contribution in [0.15, 0.2) is 53.6 Å². The van der Waals surface area contributed by atoms with Crippen LogP contribution in [-0.2, 0) is 10.0 Å². The van der Waals surface area contributed by atoms with Crippen molar-refractivity contribution in [2.75, 3.05) is 28.0 Å². The molecule has 31 heavy (non-hydrogen) atoms. The van der Waals surface area contributed by atoms with Crippen LogP contribution < -0.4 is 14.9 Å². The van der Waals surface area contributed by atoms with Gasteiger partial charge in [0.1, 0.15) is 5.82 Å². The molecule has 0 radical (unpaired) electrons. The third-order valence-electron chi connectivity index (χ3n) is 5.31. The number of aryl methyl sites for hydroxylation is 3. The SMILES string of the molecule is Cc1cc(C)c(S(=O)(=O)Nc2ccc(Nc3ccnc(N4CCCC4)n3)cc2)c(C)c1. The van der Waals surface area contributed by atoms with Crippen molar-refractivity contribution in [1.29, 1.82) is 0 Å². The van der Waals surface area contributed by atoms with Crippen LogP contribution in [0.25, 0.3) is 0 Å². The minimum Gasteiger partial charge on any atom is -0.341 e. The number of anilines is 4. The fourth-order valence-electron chi connectivity index (χ4n) is 4.05. The third kappa shape index (κ3) is 4.80. The molecular formula is C23H27N5O2S. The van der Waals surface area contributed by atoms with Crippen molar-refractivity contribution in [1.82, 2.24) is 9.97 Å². The van der Waals surface area contributed by atoms with Gasteiger partial charge in [-0.25, -0.2) is 13.4 Å². The fourth-order valence-corrected chi connectivity index (χ4v) is 5.57. The zero-order chi connectivity index (χ0) is 22.0. The van der Waals surface area contributed by atoms with Crippen molar-refractivity contribution < 1.29 is 8.42 Å². The first kappa shape index (κ1) is 21.1. The highest BCUT2D eigenvalue weighted by Gasteiger charge is 2.20. The highest BCUT2D eigenvalue weighted by Crippen LogP contribution is 2.26. The molecule has 2 heterocycles. The molecule has 1 aliphatic heterocycles. The molecule has 162 valence electrons. The Bertz CT molecular complexity index is 1160. The first-order chi connectivity index (χ1) is 14.8. The normalized spacial score (nSPS) is 14.0. The second-order valence-corrected chi connectivity index (χ2v) is 9.59. The molecule has 2 N–H and O–H groups in total. The zero-order valence-electron chi connectivity index (χ0n) is 18.0. The molecule has 0 unspecified atom stereocenters. The van der Waals surface area contributed by atoms with E-state index in [1.165, 1.54) is 12.8 Å². The van der Waals surface area contributed by atoms with Gasteiger partial charge in [0.25, 0.3) is 10.0 Å². The number of nitrogens with one attached hydrogen (secondary N) is 2. The molecule has 4 rings (SSSR count). The van der Waals surface area contributed by atoms with Crippen LogP contribution in [0.3, 0.4) is 0 Å². The zero-order valence-corrected chi connectivity index (χ0v) is 18.8. The Kier molecular flexibility index (Phi) is 5.82. The van der Waals surface area contributed by atoms with Crippen molar-refractivity contribution >= 4 is 33.2 Å². The van der Waals surface area contributed by atoms with Crippen LogP contribution in [0.5, 0.6) is 0 Å². The minimum atomic E-state index is -3.67. The molecule has 2 aromatic carbocycles. The molecular weight excluding hydrogens is 410 g/mol. The molecule has 0 aliphatic carbocycles. The predicted molar refractivity (Wildman–Crippen MR) is 125 cm³/mol. The standard InChI is InChI=1S/C23H27N5O2S/c1-16-14-17(2)22(18(3)15-16)31(29,30)27-20-8-6-19(7-9-20)25-21-10-11-24-23(26-21)28-12-4-5-13-28/h6-11,14-15,27H,4-5,12-13H2,1-3H3,(H,24,25,26). The van der Waals surface area contributed by atoms with Crippen LogP contribution in [0, 0.1) is 20.8 Å². The Morgan fingerprint density at radius 1 is 0.903 bits per heavy atom. The average Bonchev–Trinajstić information content (AvgIpc) is 3.23. The van der Waals surface area contributed by atoms with Crippen LogP contribution in [-0.4, -0.2) is 31.5 Å². The summed E-state index contributed by atoms with van der Waals surface area (Å²) in [7, 11) is -3.67. The highest BCUT2D eigenvalue weighted by molar-refractivity contribution is 7.92. The van der Waals surface area contributed by atoms with Gasteiger partial charge in [-0.1, -0.05) is 17.7 Å². The Hall–Kier alpha value is -3.13. The minimum absolute atomic E-state index is 0.329. The molecule has 3 aromatic rings. The van der Waals surface area contributed by atoms with E-state index in [9.17, 15) is 8.42 Å². The number of hydrogen-bond donors (Lipinski definition) is 2. The van der Waals surface area contributed by atoms with E-state index in [1.807, 2.05) is 51.1 Å².